The molecule has 3 nitrogen and oxygen atoms in total. The molecule has 0 atom stereocenters. The van der Waals surface area contributed by atoms with Crippen molar-refractivity contribution >= 4 is 5.91 Å². The van der Waals surface area contributed by atoms with Crippen LogP contribution in [0.4, 0.5) is 0 Å². The van der Waals surface area contributed by atoms with Crippen molar-refractivity contribution in [1.82, 2.24) is 10.2 Å². The smallest absolute Gasteiger partial charge is 0.224 e. The summed E-state index contributed by atoms with van der Waals surface area (Å²) in [4.78, 5) is 12.7. The molecular formula is C8H16N2O. The molecule has 1 fully saturated rings. The molecular weight excluding hydrogens is 140 g/mol. The maximum absolute atomic E-state index is 10.8. The highest BCUT2D eigenvalue weighted by Gasteiger charge is 2.22. The Balaban J connectivity index is 1.99. The molecule has 0 aromatic carbocycles. The molecule has 0 radical (unpaired) electrons. The van der Waals surface area contributed by atoms with Crippen molar-refractivity contribution in [3.63, 3.8) is 0 Å². The van der Waals surface area contributed by atoms with Gasteiger partial charge in [0.2, 0.25) is 5.91 Å². The lowest BCUT2D eigenvalue weighted by Gasteiger charge is -2.30. The van der Waals surface area contributed by atoms with E-state index < -0.39 is 0 Å². The Morgan fingerprint density at radius 3 is 2.73 bits per heavy atom. The van der Waals surface area contributed by atoms with Crippen LogP contribution in [-0.2, 0) is 4.79 Å². The third-order valence-electron chi connectivity index (χ3n) is 1.88. The Morgan fingerprint density at radius 1 is 1.64 bits per heavy atom. The summed E-state index contributed by atoms with van der Waals surface area (Å²) in [6.45, 7) is 6.97. The molecule has 0 aromatic heterocycles. The Bertz CT molecular complexity index is 145. The van der Waals surface area contributed by atoms with Crippen LogP contribution in [0.25, 0.3) is 0 Å². The predicted molar refractivity (Wildman–Crippen MR) is 44.3 cm³/mol. The third kappa shape index (κ3) is 2.50. The quantitative estimate of drug-likeness (QED) is 0.590. The molecule has 0 aliphatic carbocycles. The van der Waals surface area contributed by atoms with Gasteiger partial charge in [-0.15, -0.1) is 0 Å². The number of carbonyl (C=O) groups excluding carboxylic acids is 1. The van der Waals surface area contributed by atoms with Crippen molar-refractivity contribution in [2.45, 2.75) is 26.3 Å². The molecule has 0 saturated carbocycles. The first kappa shape index (κ1) is 8.53. The van der Waals surface area contributed by atoms with Crippen LogP contribution >= 0.6 is 0 Å². The number of rotatable bonds is 4. The SMILES string of the molecule is CC(C)NCCN1CCC1=O. The van der Waals surface area contributed by atoms with Gasteiger partial charge >= 0.3 is 0 Å². The van der Waals surface area contributed by atoms with Gasteiger partial charge in [-0.2, -0.15) is 0 Å². The molecule has 1 N–H and O–H groups in total. The average Bonchev–Trinajstić information content (AvgIpc) is 1.94. The van der Waals surface area contributed by atoms with Gasteiger partial charge in [0.25, 0.3) is 0 Å². The molecule has 1 aliphatic heterocycles. The molecule has 1 heterocycles. The van der Waals surface area contributed by atoms with Gasteiger partial charge < -0.3 is 10.2 Å². The fourth-order valence-corrected chi connectivity index (χ4v) is 1.09. The summed E-state index contributed by atoms with van der Waals surface area (Å²) in [6.07, 6.45) is 0.752. The average molecular weight is 156 g/mol. The van der Waals surface area contributed by atoms with Gasteiger partial charge in [-0.1, -0.05) is 13.8 Å². The van der Waals surface area contributed by atoms with Crippen molar-refractivity contribution < 1.29 is 4.79 Å². The molecule has 1 aliphatic rings. The van der Waals surface area contributed by atoms with Crippen molar-refractivity contribution in [3.05, 3.63) is 0 Å². The second-order valence-electron chi connectivity index (χ2n) is 3.24. The second-order valence-corrected chi connectivity index (χ2v) is 3.24. The zero-order chi connectivity index (χ0) is 8.27. The van der Waals surface area contributed by atoms with Gasteiger partial charge in [0, 0.05) is 32.1 Å². The van der Waals surface area contributed by atoms with Crippen molar-refractivity contribution in [2.24, 2.45) is 0 Å². The summed E-state index contributed by atoms with van der Waals surface area (Å²) in [5, 5.41) is 3.27. The monoisotopic (exact) mass is 156 g/mol. The summed E-state index contributed by atoms with van der Waals surface area (Å²) in [6, 6.07) is 0.520. The first-order chi connectivity index (χ1) is 5.20. The van der Waals surface area contributed by atoms with Crippen LogP contribution in [0.1, 0.15) is 20.3 Å². The van der Waals surface area contributed by atoms with E-state index in [1.165, 1.54) is 0 Å². The highest BCUT2D eigenvalue weighted by atomic mass is 16.2. The van der Waals surface area contributed by atoms with Crippen LogP contribution in [0.15, 0.2) is 0 Å². The summed E-state index contributed by atoms with van der Waals surface area (Å²) in [5.74, 6) is 0.301. The number of nitrogens with one attached hydrogen (secondary N) is 1. The van der Waals surface area contributed by atoms with Gasteiger partial charge in [0.1, 0.15) is 0 Å². The lowest BCUT2D eigenvalue weighted by atomic mass is 10.2. The minimum Gasteiger partial charge on any atom is -0.341 e. The molecule has 1 rings (SSSR count). The van der Waals surface area contributed by atoms with E-state index in [0.717, 1.165) is 26.1 Å². The van der Waals surface area contributed by atoms with Crippen LogP contribution < -0.4 is 5.32 Å². The molecule has 64 valence electrons. The highest BCUT2D eigenvalue weighted by molar-refractivity contribution is 5.81. The van der Waals surface area contributed by atoms with E-state index in [-0.39, 0.29) is 0 Å². The standard InChI is InChI=1S/C8H16N2O/c1-7(2)9-4-6-10-5-3-8(10)11/h7,9H,3-6H2,1-2H3. The number of hydrogen-bond donors (Lipinski definition) is 1. The van der Waals surface area contributed by atoms with Crippen molar-refractivity contribution in [2.75, 3.05) is 19.6 Å². The molecule has 11 heavy (non-hydrogen) atoms. The second kappa shape index (κ2) is 3.72. The van der Waals surface area contributed by atoms with Crippen LogP contribution in [-0.4, -0.2) is 36.5 Å². The van der Waals surface area contributed by atoms with E-state index in [0.29, 0.717) is 11.9 Å². The van der Waals surface area contributed by atoms with Crippen LogP contribution in [0.3, 0.4) is 0 Å². The maximum atomic E-state index is 10.8. The fraction of sp³-hybridized carbons (Fsp3) is 0.875. The maximum Gasteiger partial charge on any atom is 0.224 e. The first-order valence-electron chi connectivity index (χ1n) is 4.21. The Labute approximate surface area is 67.8 Å². The van der Waals surface area contributed by atoms with Gasteiger partial charge in [-0.25, -0.2) is 0 Å². The highest BCUT2D eigenvalue weighted by Crippen LogP contribution is 2.06. The largest absolute Gasteiger partial charge is 0.341 e. The van der Waals surface area contributed by atoms with Crippen LogP contribution in [0, 0.1) is 0 Å². The molecule has 0 bridgehead atoms. The van der Waals surface area contributed by atoms with Crippen LogP contribution in [0.2, 0.25) is 0 Å². The summed E-state index contributed by atoms with van der Waals surface area (Å²) in [7, 11) is 0. The number of amides is 1. The third-order valence-corrected chi connectivity index (χ3v) is 1.88. The molecule has 0 spiro atoms. The topological polar surface area (TPSA) is 32.3 Å². The zero-order valence-electron chi connectivity index (χ0n) is 7.26. The van der Waals surface area contributed by atoms with Crippen molar-refractivity contribution in [3.8, 4) is 0 Å². The molecule has 0 unspecified atom stereocenters. The van der Waals surface area contributed by atoms with E-state index in [4.69, 9.17) is 0 Å². The lowest BCUT2D eigenvalue weighted by Crippen LogP contribution is -2.47. The number of likely N-dealkylation sites (tertiary alicyclic amines) is 1. The van der Waals surface area contributed by atoms with Gasteiger partial charge in [0.05, 0.1) is 0 Å². The number of β-lactam (4-membered cyclic amide) rings is 1. The van der Waals surface area contributed by atoms with E-state index in [2.05, 4.69) is 19.2 Å². The summed E-state index contributed by atoms with van der Waals surface area (Å²) >= 11 is 0. The molecule has 0 aromatic rings. The zero-order valence-corrected chi connectivity index (χ0v) is 7.26. The van der Waals surface area contributed by atoms with Gasteiger partial charge in [-0.05, 0) is 0 Å². The molecule has 3 heteroatoms. The van der Waals surface area contributed by atoms with E-state index >= 15 is 0 Å². The number of nitrogens with zero attached hydrogens (tertiary/aromatic N) is 1. The summed E-state index contributed by atoms with van der Waals surface area (Å²) in [5.41, 5.74) is 0. The molecule has 1 amide bonds. The minimum atomic E-state index is 0.301. The lowest BCUT2D eigenvalue weighted by molar-refractivity contribution is -0.139. The fourth-order valence-electron chi connectivity index (χ4n) is 1.09. The van der Waals surface area contributed by atoms with Gasteiger partial charge in [-0.3, -0.25) is 4.79 Å². The first-order valence-corrected chi connectivity index (χ1v) is 4.21. The normalized spacial score (nSPS) is 17.4. The minimum absolute atomic E-state index is 0.301. The molecule has 1 saturated heterocycles. The van der Waals surface area contributed by atoms with E-state index in [1.54, 1.807) is 0 Å². The van der Waals surface area contributed by atoms with Gasteiger partial charge in [0.15, 0.2) is 0 Å². The summed E-state index contributed by atoms with van der Waals surface area (Å²) < 4.78 is 0. The van der Waals surface area contributed by atoms with Crippen molar-refractivity contribution in [1.29, 1.82) is 0 Å². The predicted octanol–water partition coefficient (Wildman–Crippen LogP) is 0.217. The van der Waals surface area contributed by atoms with E-state index in [1.807, 2.05) is 4.90 Å². The Morgan fingerprint density at radius 2 is 2.36 bits per heavy atom. The van der Waals surface area contributed by atoms with Crippen LogP contribution in [0.5, 0.6) is 0 Å². The Hall–Kier alpha value is -0.570. The van der Waals surface area contributed by atoms with E-state index in [9.17, 15) is 4.79 Å². The Kier molecular flexibility index (Phi) is 2.88. The number of carbonyl (C=O) groups is 1. The number of hydrogen-bond acceptors (Lipinski definition) is 2.